The van der Waals surface area contributed by atoms with Crippen LogP contribution in [0, 0.1) is 12.7 Å². The van der Waals surface area contributed by atoms with Gasteiger partial charge in [-0.1, -0.05) is 33.2 Å². The number of ether oxygens (including phenoxy) is 1. The van der Waals surface area contributed by atoms with Gasteiger partial charge in [0.15, 0.2) is 0 Å². The van der Waals surface area contributed by atoms with Crippen molar-refractivity contribution >= 4 is 22.1 Å². The molecule has 5 heteroatoms. The van der Waals surface area contributed by atoms with Crippen molar-refractivity contribution in [2.24, 2.45) is 5.16 Å². The van der Waals surface area contributed by atoms with E-state index in [1.54, 1.807) is 13.0 Å². The summed E-state index contributed by atoms with van der Waals surface area (Å²) in [5, 5.41) is 11.5. The van der Waals surface area contributed by atoms with Gasteiger partial charge in [-0.05, 0) is 41.8 Å². The summed E-state index contributed by atoms with van der Waals surface area (Å²) in [7, 11) is 1.45. The van der Waals surface area contributed by atoms with E-state index in [0.29, 0.717) is 11.3 Å². The molecule has 0 aliphatic carbocycles. The Hall–Kier alpha value is -1.88. The fourth-order valence-electron chi connectivity index (χ4n) is 2.05. The van der Waals surface area contributed by atoms with Gasteiger partial charge in [-0.2, -0.15) is 0 Å². The molecule has 0 fully saturated rings. The Morgan fingerprint density at radius 1 is 1.35 bits per heavy atom. The average molecular weight is 338 g/mol. The Balaban J connectivity index is 2.70. The number of hydrogen-bond donors (Lipinski definition) is 1. The standard InChI is InChI=1S/C15H13BrFNO2/c1-9-12(10-4-3-5-11(16)6-10)7-14(20-2)13(8-18-19)15(9)17/h3-8,19H,1-2H3. The van der Waals surface area contributed by atoms with Crippen molar-refractivity contribution in [3.63, 3.8) is 0 Å². The fourth-order valence-corrected chi connectivity index (χ4v) is 2.45. The van der Waals surface area contributed by atoms with Crippen LogP contribution in [-0.2, 0) is 0 Å². The van der Waals surface area contributed by atoms with Gasteiger partial charge in [0, 0.05) is 4.47 Å². The third-order valence-electron chi connectivity index (χ3n) is 3.05. The summed E-state index contributed by atoms with van der Waals surface area (Å²) in [6.45, 7) is 1.68. The van der Waals surface area contributed by atoms with Crippen molar-refractivity contribution < 1.29 is 14.3 Å². The second-order valence-electron chi connectivity index (χ2n) is 4.23. The lowest BCUT2D eigenvalue weighted by Gasteiger charge is -2.13. The lowest BCUT2D eigenvalue weighted by atomic mass is 9.97. The molecule has 104 valence electrons. The predicted octanol–water partition coefficient (Wildman–Crippen LogP) is 4.38. The maximum atomic E-state index is 14.4. The van der Waals surface area contributed by atoms with Crippen LogP contribution in [0.1, 0.15) is 11.1 Å². The molecule has 3 nitrogen and oxygen atoms in total. The summed E-state index contributed by atoms with van der Waals surface area (Å²) in [6, 6.07) is 9.32. The fraction of sp³-hybridized carbons (Fsp3) is 0.133. The zero-order valence-electron chi connectivity index (χ0n) is 11.0. The van der Waals surface area contributed by atoms with Gasteiger partial charge in [-0.15, -0.1) is 0 Å². The highest BCUT2D eigenvalue weighted by molar-refractivity contribution is 9.10. The van der Waals surface area contributed by atoms with Crippen LogP contribution in [0.25, 0.3) is 11.1 Å². The number of oxime groups is 1. The smallest absolute Gasteiger partial charge is 0.139 e. The molecule has 0 saturated heterocycles. The first-order chi connectivity index (χ1) is 9.58. The topological polar surface area (TPSA) is 41.8 Å². The third-order valence-corrected chi connectivity index (χ3v) is 3.55. The number of nitrogens with zero attached hydrogens (tertiary/aromatic N) is 1. The van der Waals surface area contributed by atoms with Crippen LogP contribution in [0.15, 0.2) is 40.0 Å². The minimum Gasteiger partial charge on any atom is -0.496 e. The normalized spacial score (nSPS) is 11.0. The molecule has 0 heterocycles. The number of methoxy groups -OCH3 is 1. The van der Waals surface area contributed by atoms with Gasteiger partial charge < -0.3 is 9.94 Å². The van der Waals surface area contributed by atoms with Crippen molar-refractivity contribution in [1.29, 1.82) is 0 Å². The molecule has 0 amide bonds. The van der Waals surface area contributed by atoms with Gasteiger partial charge in [0.25, 0.3) is 0 Å². The van der Waals surface area contributed by atoms with Crippen LogP contribution in [0.5, 0.6) is 5.75 Å². The molecule has 0 saturated carbocycles. The molecule has 2 aromatic carbocycles. The van der Waals surface area contributed by atoms with E-state index in [1.807, 2.05) is 24.3 Å². The van der Waals surface area contributed by atoms with E-state index in [1.165, 1.54) is 7.11 Å². The van der Waals surface area contributed by atoms with E-state index in [0.717, 1.165) is 21.8 Å². The molecule has 0 aromatic heterocycles. The van der Waals surface area contributed by atoms with E-state index >= 15 is 0 Å². The van der Waals surface area contributed by atoms with Crippen LogP contribution in [-0.4, -0.2) is 18.5 Å². The first kappa shape index (κ1) is 14.5. The third kappa shape index (κ3) is 2.67. The van der Waals surface area contributed by atoms with Gasteiger partial charge >= 0.3 is 0 Å². The second kappa shape index (κ2) is 6.05. The van der Waals surface area contributed by atoms with E-state index in [2.05, 4.69) is 21.1 Å². The number of rotatable bonds is 3. The van der Waals surface area contributed by atoms with Gasteiger partial charge in [0.2, 0.25) is 0 Å². The van der Waals surface area contributed by atoms with Crippen molar-refractivity contribution in [1.82, 2.24) is 0 Å². The van der Waals surface area contributed by atoms with Gasteiger partial charge in [0.05, 0.1) is 18.9 Å². The Morgan fingerprint density at radius 2 is 2.10 bits per heavy atom. The first-order valence-corrected chi connectivity index (χ1v) is 6.68. The zero-order chi connectivity index (χ0) is 14.7. The summed E-state index contributed by atoms with van der Waals surface area (Å²) in [4.78, 5) is 0. The predicted molar refractivity (Wildman–Crippen MR) is 80.2 cm³/mol. The molecule has 2 rings (SSSR count). The van der Waals surface area contributed by atoms with Crippen molar-refractivity contribution in [3.8, 4) is 16.9 Å². The summed E-state index contributed by atoms with van der Waals surface area (Å²) >= 11 is 3.40. The Kier molecular flexibility index (Phi) is 4.39. The molecular weight excluding hydrogens is 325 g/mol. The molecule has 2 aromatic rings. The van der Waals surface area contributed by atoms with E-state index in [-0.39, 0.29) is 5.56 Å². The highest BCUT2D eigenvalue weighted by Crippen LogP contribution is 2.33. The highest BCUT2D eigenvalue weighted by atomic mass is 79.9. The highest BCUT2D eigenvalue weighted by Gasteiger charge is 2.16. The molecule has 0 atom stereocenters. The van der Waals surface area contributed by atoms with E-state index < -0.39 is 5.82 Å². The average Bonchev–Trinajstić information content (AvgIpc) is 2.44. The molecule has 20 heavy (non-hydrogen) atoms. The van der Waals surface area contributed by atoms with Crippen LogP contribution in [0.3, 0.4) is 0 Å². The molecule has 0 aliphatic rings. The molecule has 0 bridgehead atoms. The van der Waals surface area contributed by atoms with E-state index in [9.17, 15) is 4.39 Å². The lowest BCUT2D eigenvalue weighted by molar-refractivity contribution is 0.321. The molecule has 0 spiro atoms. The minimum absolute atomic E-state index is 0.131. The van der Waals surface area contributed by atoms with E-state index in [4.69, 9.17) is 9.94 Å². The summed E-state index contributed by atoms with van der Waals surface area (Å²) in [6.07, 6.45) is 1.03. The largest absolute Gasteiger partial charge is 0.496 e. The van der Waals surface area contributed by atoms with Crippen molar-refractivity contribution in [2.75, 3.05) is 7.11 Å². The Labute approximate surface area is 124 Å². The maximum Gasteiger partial charge on any atom is 0.139 e. The number of hydrogen-bond acceptors (Lipinski definition) is 3. The monoisotopic (exact) mass is 337 g/mol. The van der Waals surface area contributed by atoms with Gasteiger partial charge in [-0.3, -0.25) is 0 Å². The molecule has 0 radical (unpaired) electrons. The van der Waals surface area contributed by atoms with Crippen LogP contribution in [0.4, 0.5) is 4.39 Å². The van der Waals surface area contributed by atoms with Gasteiger partial charge in [-0.25, -0.2) is 4.39 Å². The summed E-state index contributed by atoms with van der Waals surface area (Å²) in [5.41, 5.74) is 2.21. The summed E-state index contributed by atoms with van der Waals surface area (Å²) < 4.78 is 20.5. The summed E-state index contributed by atoms with van der Waals surface area (Å²) in [5.74, 6) is -0.141. The first-order valence-electron chi connectivity index (χ1n) is 5.89. The number of halogens is 2. The lowest BCUT2D eigenvalue weighted by Crippen LogP contribution is -2.00. The van der Waals surface area contributed by atoms with Crippen molar-refractivity contribution in [2.45, 2.75) is 6.92 Å². The molecule has 1 N–H and O–H groups in total. The number of benzene rings is 2. The van der Waals surface area contributed by atoms with Crippen LogP contribution in [0.2, 0.25) is 0 Å². The van der Waals surface area contributed by atoms with Crippen LogP contribution >= 0.6 is 15.9 Å². The SMILES string of the molecule is COc1cc(-c2cccc(Br)c2)c(C)c(F)c1C=NO. The van der Waals surface area contributed by atoms with Crippen LogP contribution < -0.4 is 4.74 Å². The Morgan fingerprint density at radius 3 is 2.70 bits per heavy atom. The second-order valence-corrected chi connectivity index (χ2v) is 5.15. The van der Waals surface area contributed by atoms with Crippen molar-refractivity contribution in [3.05, 3.63) is 51.7 Å². The Bertz CT molecular complexity index is 671. The molecule has 0 unspecified atom stereocenters. The van der Waals surface area contributed by atoms with Gasteiger partial charge in [0.1, 0.15) is 11.6 Å². The maximum absolute atomic E-state index is 14.4. The minimum atomic E-state index is -0.461. The zero-order valence-corrected chi connectivity index (χ0v) is 12.6. The molecular formula is C15H13BrFNO2. The molecule has 0 aliphatic heterocycles. The quantitative estimate of drug-likeness (QED) is 0.513.